The summed E-state index contributed by atoms with van der Waals surface area (Å²) in [5.41, 5.74) is 7.93. The molecule has 5 rings (SSSR count). The van der Waals surface area contributed by atoms with Gasteiger partial charge in [-0.05, 0) is 49.9 Å². The van der Waals surface area contributed by atoms with Gasteiger partial charge in [-0.3, -0.25) is 9.36 Å². The number of hydrogen-bond acceptors (Lipinski definition) is 6. The molecule has 1 atom stereocenters. The van der Waals surface area contributed by atoms with E-state index < -0.39 is 11.4 Å². The fourth-order valence-corrected chi connectivity index (χ4v) is 4.66. The summed E-state index contributed by atoms with van der Waals surface area (Å²) in [4.78, 5) is 19.1. The van der Waals surface area contributed by atoms with Crippen LogP contribution in [-0.4, -0.2) is 51.3 Å². The number of primary amides is 1. The summed E-state index contributed by atoms with van der Waals surface area (Å²) in [5, 5.41) is 13.0. The number of halogens is 2. The first-order valence-electron chi connectivity index (χ1n) is 10.4. The zero-order valence-corrected chi connectivity index (χ0v) is 19.3. The van der Waals surface area contributed by atoms with Gasteiger partial charge in [0, 0.05) is 29.4 Å². The Bertz CT molecular complexity index is 1350. The number of hydrogen-bond donors (Lipinski definition) is 2. The zero-order valence-electron chi connectivity index (χ0n) is 17.8. The summed E-state index contributed by atoms with van der Waals surface area (Å²) < 4.78 is 1.99. The molecule has 1 aliphatic heterocycles. The van der Waals surface area contributed by atoms with Crippen LogP contribution in [0.3, 0.4) is 0 Å². The van der Waals surface area contributed by atoms with Crippen LogP contribution in [0.5, 0.6) is 0 Å². The molecule has 4 aromatic rings. The van der Waals surface area contributed by atoms with Crippen LogP contribution in [0.4, 0.5) is 5.82 Å². The fourth-order valence-electron chi connectivity index (χ4n) is 4.31. The van der Waals surface area contributed by atoms with Crippen LogP contribution in [0.25, 0.3) is 28.1 Å². The second-order valence-corrected chi connectivity index (χ2v) is 8.84. The number of benzene rings is 2. The minimum atomic E-state index is -0.825. The van der Waals surface area contributed by atoms with E-state index in [1.54, 1.807) is 13.2 Å². The lowest BCUT2D eigenvalue weighted by Crippen LogP contribution is -2.55. The van der Waals surface area contributed by atoms with Gasteiger partial charge in [-0.15, -0.1) is 5.10 Å². The van der Waals surface area contributed by atoms with Crippen LogP contribution in [-0.2, 0) is 4.79 Å². The highest BCUT2D eigenvalue weighted by molar-refractivity contribution is 6.33. The molecule has 8 nitrogen and oxygen atoms in total. The number of carbonyl (C=O) groups excluding carboxylic acids is 1. The number of rotatable bonds is 5. The smallest absolute Gasteiger partial charge is 0.239 e. The van der Waals surface area contributed by atoms with Gasteiger partial charge in [-0.25, -0.2) is 4.98 Å². The van der Waals surface area contributed by atoms with Gasteiger partial charge in [-0.1, -0.05) is 35.3 Å². The monoisotopic (exact) mass is 481 g/mol. The molecule has 0 aliphatic carbocycles. The third-order valence-electron chi connectivity index (χ3n) is 6.18. The number of nitrogens with one attached hydrogen (secondary N) is 1. The molecule has 2 aromatic heterocycles. The summed E-state index contributed by atoms with van der Waals surface area (Å²) in [7, 11) is 1.74. The van der Waals surface area contributed by atoms with Gasteiger partial charge < -0.3 is 16.0 Å². The molecule has 10 heteroatoms. The van der Waals surface area contributed by atoms with E-state index in [0.717, 1.165) is 16.8 Å². The number of nitrogens with zero attached hydrogens (tertiary/aromatic N) is 5. The maximum absolute atomic E-state index is 12.1. The van der Waals surface area contributed by atoms with Crippen LogP contribution in [0.2, 0.25) is 10.0 Å². The lowest BCUT2D eigenvalue weighted by molar-refractivity contribution is -0.123. The summed E-state index contributed by atoms with van der Waals surface area (Å²) in [6.07, 6.45) is 2.24. The van der Waals surface area contributed by atoms with E-state index in [2.05, 4.69) is 15.5 Å². The molecule has 0 saturated carbocycles. The maximum atomic E-state index is 12.1. The standard InChI is InChI=1S/C23H21Cl2N7O/c1-27-23(22(26)33)10-11-31(13-23)21-19-18(12-28-30-21)32(15-8-6-14(24)7-9-15)20(29-19)16-4-2-3-5-17(16)25/h2-9,12,27H,10-11,13H2,1H3,(H2,26,33). The quantitative estimate of drug-likeness (QED) is 0.452. The first kappa shape index (κ1) is 21.6. The Labute approximate surface area is 200 Å². The number of likely N-dealkylation sites (N-methyl/N-ethyl adjacent to an activating group) is 1. The highest BCUT2D eigenvalue weighted by atomic mass is 35.5. The van der Waals surface area contributed by atoms with E-state index in [-0.39, 0.29) is 0 Å². The molecule has 1 unspecified atom stereocenters. The van der Waals surface area contributed by atoms with Gasteiger partial charge in [0.25, 0.3) is 0 Å². The van der Waals surface area contributed by atoms with Crippen molar-refractivity contribution in [2.75, 3.05) is 25.0 Å². The van der Waals surface area contributed by atoms with Gasteiger partial charge in [0.2, 0.25) is 5.91 Å². The molecule has 3 N–H and O–H groups in total. The Kier molecular flexibility index (Phi) is 5.44. The number of anilines is 1. The lowest BCUT2D eigenvalue weighted by atomic mass is 9.98. The van der Waals surface area contributed by atoms with Gasteiger partial charge >= 0.3 is 0 Å². The lowest BCUT2D eigenvalue weighted by Gasteiger charge is -2.25. The number of carbonyl (C=O) groups is 1. The Hall–Kier alpha value is -3.20. The van der Waals surface area contributed by atoms with Gasteiger partial charge in [0.1, 0.15) is 16.9 Å². The van der Waals surface area contributed by atoms with Crippen molar-refractivity contribution in [2.45, 2.75) is 12.0 Å². The molecule has 168 valence electrons. The second-order valence-electron chi connectivity index (χ2n) is 8.00. The average molecular weight is 482 g/mol. The second kappa shape index (κ2) is 8.30. The largest absolute Gasteiger partial charge is 0.368 e. The number of amides is 1. The summed E-state index contributed by atoms with van der Waals surface area (Å²) in [6.45, 7) is 0.967. The van der Waals surface area contributed by atoms with Gasteiger partial charge in [0.05, 0.1) is 16.7 Å². The van der Waals surface area contributed by atoms with E-state index in [9.17, 15) is 4.79 Å². The topological polar surface area (TPSA) is 102 Å². The number of nitrogens with two attached hydrogens (primary N) is 1. The summed E-state index contributed by atoms with van der Waals surface area (Å²) >= 11 is 12.7. The molecule has 3 heterocycles. The first-order chi connectivity index (χ1) is 15.9. The number of imidazole rings is 1. The van der Waals surface area contributed by atoms with Gasteiger partial charge in [-0.2, -0.15) is 5.10 Å². The molecule has 33 heavy (non-hydrogen) atoms. The highest BCUT2D eigenvalue weighted by Crippen LogP contribution is 2.36. The van der Waals surface area contributed by atoms with Crippen LogP contribution in [0.1, 0.15) is 6.42 Å². The van der Waals surface area contributed by atoms with Crippen molar-refractivity contribution in [2.24, 2.45) is 5.73 Å². The van der Waals surface area contributed by atoms with Crippen molar-refractivity contribution >= 4 is 46.0 Å². The predicted molar refractivity (Wildman–Crippen MR) is 130 cm³/mol. The molecule has 1 fully saturated rings. The van der Waals surface area contributed by atoms with Crippen LogP contribution in [0.15, 0.2) is 54.7 Å². The van der Waals surface area contributed by atoms with Crippen LogP contribution in [0, 0.1) is 0 Å². The molecule has 1 aliphatic rings. The molecule has 1 amide bonds. The first-order valence-corrected chi connectivity index (χ1v) is 11.2. The number of aromatic nitrogens is 4. The van der Waals surface area contributed by atoms with Crippen molar-refractivity contribution in [1.82, 2.24) is 25.1 Å². The Balaban J connectivity index is 1.72. The van der Waals surface area contributed by atoms with Crippen molar-refractivity contribution < 1.29 is 4.79 Å². The van der Waals surface area contributed by atoms with Crippen LogP contribution >= 0.6 is 23.2 Å². The summed E-state index contributed by atoms with van der Waals surface area (Å²) in [6, 6.07) is 15.0. The highest BCUT2D eigenvalue weighted by Gasteiger charge is 2.43. The van der Waals surface area contributed by atoms with Crippen molar-refractivity contribution in [3.05, 3.63) is 64.8 Å². The normalized spacial score (nSPS) is 18.2. The molecular formula is C23H21Cl2N7O. The Morgan fingerprint density at radius 1 is 1.15 bits per heavy atom. The predicted octanol–water partition coefficient (Wildman–Crippen LogP) is 3.44. The van der Waals surface area contributed by atoms with E-state index in [1.807, 2.05) is 58.0 Å². The fraction of sp³-hybridized carbons (Fsp3) is 0.217. The van der Waals surface area contributed by atoms with E-state index >= 15 is 0 Å². The zero-order chi connectivity index (χ0) is 23.2. The van der Waals surface area contributed by atoms with Crippen LogP contribution < -0.4 is 16.0 Å². The Morgan fingerprint density at radius 3 is 2.58 bits per heavy atom. The minimum Gasteiger partial charge on any atom is -0.368 e. The van der Waals surface area contributed by atoms with Crippen molar-refractivity contribution in [1.29, 1.82) is 0 Å². The molecule has 1 saturated heterocycles. The van der Waals surface area contributed by atoms with Crippen molar-refractivity contribution in [3.63, 3.8) is 0 Å². The molecule has 0 bridgehead atoms. The van der Waals surface area contributed by atoms with Crippen molar-refractivity contribution in [3.8, 4) is 17.1 Å². The minimum absolute atomic E-state index is 0.377. The molecule has 2 aromatic carbocycles. The summed E-state index contributed by atoms with van der Waals surface area (Å²) in [5.74, 6) is 0.853. The third-order valence-corrected chi connectivity index (χ3v) is 6.76. The van der Waals surface area contributed by atoms with Gasteiger partial charge in [0.15, 0.2) is 5.82 Å². The molecule has 0 spiro atoms. The molecular weight excluding hydrogens is 461 g/mol. The number of fused-ring (bicyclic) bond motifs is 1. The van der Waals surface area contributed by atoms with E-state index in [1.165, 1.54) is 0 Å². The Morgan fingerprint density at radius 2 is 1.91 bits per heavy atom. The van der Waals surface area contributed by atoms with E-state index in [0.29, 0.717) is 46.7 Å². The third kappa shape index (κ3) is 3.60. The maximum Gasteiger partial charge on any atom is 0.239 e. The average Bonchev–Trinajstić information content (AvgIpc) is 3.43. The SMILES string of the molecule is CNC1(C(N)=O)CCN(c2nncc3c2nc(-c2ccccc2Cl)n3-c2ccc(Cl)cc2)C1. The molecule has 0 radical (unpaired) electrons. The van der Waals surface area contributed by atoms with E-state index in [4.69, 9.17) is 33.9 Å².